The van der Waals surface area contributed by atoms with Crippen LogP contribution in [0.1, 0.15) is 206 Å². The molecule has 3 rings (SSSR count). The zero-order chi connectivity index (χ0) is 60.5. The second kappa shape index (κ2) is 46.6. The second-order valence-corrected chi connectivity index (χ2v) is 22.8. The van der Waals surface area contributed by atoms with E-state index in [1.165, 1.54) is 109 Å². The van der Waals surface area contributed by atoms with Crippen LogP contribution >= 0.6 is 0 Å². The predicted octanol–water partition coefficient (Wildman–Crippen LogP) is 6.82. The van der Waals surface area contributed by atoms with Crippen molar-refractivity contribution >= 4 is 5.91 Å². The molecule has 19 heteroatoms. The van der Waals surface area contributed by atoms with Gasteiger partial charge in [-0.25, -0.2) is 0 Å². The van der Waals surface area contributed by atoms with E-state index in [1.54, 1.807) is 6.08 Å². The predicted molar refractivity (Wildman–Crippen MR) is 318 cm³/mol. The average Bonchev–Trinajstić information content (AvgIpc) is 3.34. The van der Waals surface area contributed by atoms with E-state index in [0.29, 0.717) is 12.8 Å². The highest BCUT2D eigenvalue weighted by molar-refractivity contribution is 5.76. The van der Waals surface area contributed by atoms with E-state index in [4.69, 9.17) is 28.4 Å². The minimum Gasteiger partial charge on any atom is -0.394 e. The number of unbranched alkanes of at least 4 members (excludes halogenated alkanes) is 23. The summed E-state index contributed by atoms with van der Waals surface area (Å²) >= 11 is 0. The van der Waals surface area contributed by atoms with Crippen molar-refractivity contribution in [3.63, 3.8) is 0 Å². The van der Waals surface area contributed by atoms with Crippen LogP contribution in [0.5, 0.6) is 0 Å². The van der Waals surface area contributed by atoms with Crippen molar-refractivity contribution in [2.45, 2.75) is 311 Å². The molecule has 3 fully saturated rings. The molecule has 482 valence electrons. The highest BCUT2D eigenvalue weighted by atomic mass is 16.8. The summed E-state index contributed by atoms with van der Waals surface area (Å²) in [6.45, 7) is 1.67. The third-order valence-electron chi connectivity index (χ3n) is 15.8. The van der Waals surface area contributed by atoms with Gasteiger partial charge < -0.3 is 89.9 Å². The maximum atomic E-state index is 13.4. The third-order valence-corrected chi connectivity index (χ3v) is 15.8. The van der Waals surface area contributed by atoms with Gasteiger partial charge in [0.05, 0.1) is 38.6 Å². The summed E-state index contributed by atoms with van der Waals surface area (Å²) in [5, 5.41) is 120. The third kappa shape index (κ3) is 29.8. The topological polar surface area (TPSA) is 307 Å². The normalized spacial score (nSPS) is 29.8. The van der Waals surface area contributed by atoms with Crippen molar-refractivity contribution in [3.8, 4) is 0 Å². The van der Waals surface area contributed by atoms with Crippen molar-refractivity contribution in [2.24, 2.45) is 0 Å². The molecule has 12 N–H and O–H groups in total. The van der Waals surface area contributed by atoms with E-state index in [0.717, 1.165) is 64.2 Å². The molecule has 3 aliphatic heterocycles. The summed E-state index contributed by atoms with van der Waals surface area (Å²) in [6, 6.07) is -1.00. The van der Waals surface area contributed by atoms with E-state index >= 15 is 0 Å². The lowest BCUT2D eigenvalue weighted by Gasteiger charge is -2.48. The number of nitrogens with one attached hydrogen (secondary N) is 1. The monoisotopic (exact) mass is 1180 g/mol. The number of hydrogen-bond acceptors (Lipinski definition) is 18. The van der Waals surface area contributed by atoms with Crippen LogP contribution in [-0.4, -0.2) is 193 Å². The van der Waals surface area contributed by atoms with E-state index in [1.807, 2.05) is 6.08 Å². The van der Waals surface area contributed by atoms with Gasteiger partial charge in [-0.05, 0) is 77.0 Å². The summed E-state index contributed by atoms with van der Waals surface area (Å²) in [4.78, 5) is 13.4. The summed E-state index contributed by atoms with van der Waals surface area (Å²) in [5.74, 6) is -0.296. The molecule has 3 aliphatic rings. The van der Waals surface area contributed by atoms with Crippen LogP contribution in [0.15, 0.2) is 60.8 Å². The fourth-order valence-corrected chi connectivity index (χ4v) is 10.5. The number of aliphatic hydroxyl groups excluding tert-OH is 11. The first-order chi connectivity index (χ1) is 40.3. The van der Waals surface area contributed by atoms with Gasteiger partial charge in [-0.1, -0.05) is 184 Å². The Morgan fingerprint density at radius 1 is 0.434 bits per heavy atom. The summed E-state index contributed by atoms with van der Waals surface area (Å²) in [6.07, 6.45) is 27.6. The van der Waals surface area contributed by atoms with Gasteiger partial charge in [0, 0.05) is 6.42 Å². The van der Waals surface area contributed by atoms with Crippen LogP contribution < -0.4 is 5.32 Å². The highest BCUT2D eigenvalue weighted by Crippen LogP contribution is 2.33. The number of hydrogen-bond donors (Lipinski definition) is 12. The highest BCUT2D eigenvalue weighted by Gasteiger charge is 2.53. The van der Waals surface area contributed by atoms with Gasteiger partial charge in [0.15, 0.2) is 18.9 Å². The van der Waals surface area contributed by atoms with E-state index in [9.17, 15) is 61.0 Å². The van der Waals surface area contributed by atoms with E-state index in [2.05, 4.69) is 67.8 Å². The number of ether oxygens (including phenoxy) is 6. The zero-order valence-corrected chi connectivity index (χ0v) is 50.4. The number of carbonyl (C=O) groups excluding carboxylic acids is 1. The molecule has 0 aromatic heterocycles. The zero-order valence-electron chi connectivity index (χ0n) is 50.4. The molecule has 83 heavy (non-hydrogen) atoms. The number of rotatable bonds is 47. The standard InChI is InChI=1S/C64H113NO18/c1-3-5-7-9-11-13-15-17-19-21-22-23-24-26-28-30-32-34-36-38-40-42-52(70)65-47(48(69)41-39-37-35-33-31-29-27-25-20-18-16-14-12-10-8-6-4-2)46-78-62-58(76)55(73)60(50(44-67)80-62)83-64-59(77)56(74)61(51(45-68)81-64)82-63-57(75)54(72)53(71)49(43-66)79-63/h15,17,20-22,25,31,33,39,41,47-51,53-64,66-69,71-77H,3-14,16,18-19,23-24,26-30,32,34-38,40,42-46H2,1-2H3,(H,65,70)/b17-15-,22-21-,25-20+,33-31+,41-39+. The average molecular weight is 1180 g/mol. The smallest absolute Gasteiger partial charge is 0.220 e. The Kier molecular flexibility index (Phi) is 42.0. The lowest BCUT2D eigenvalue weighted by atomic mass is 9.96. The first-order valence-corrected chi connectivity index (χ1v) is 32.0. The van der Waals surface area contributed by atoms with Crippen LogP contribution in [0.2, 0.25) is 0 Å². The molecule has 0 saturated carbocycles. The molecule has 19 nitrogen and oxygen atoms in total. The fourth-order valence-electron chi connectivity index (χ4n) is 10.5. The maximum absolute atomic E-state index is 13.4. The molecule has 0 radical (unpaired) electrons. The molecular formula is C64H113NO18. The second-order valence-electron chi connectivity index (χ2n) is 22.8. The number of aliphatic hydroxyl groups is 11. The SMILES string of the molecule is CCCCCCC/C=C\C/C=C\CCCCCCCCCCCC(=O)NC(COC1OC(CO)C(OC2OC(CO)C(OC3OC(CO)C(O)C(O)C3O)C(O)C2O)C(O)C1O)C(O)/C=C/CC/C=C/CC/C=C/CCCCCCCCC. The van der Waals surface area contributed by atoms with Gasteiger partial charge in [-0.15, -0.1) is 0 Å². The molecule has 17 unspecified atom stereocenters. The minimum absolute atomic E-state index is 0.225. The largest absolute Gasteiger partial charge is 0.394 e. The summed E-state index contributed by atoms with van der Waals surface area (Å²) in [7, 11) is 0. The van der Waals surface area contributed by atoms with E-state index < -0.39 is 124 Å². The number of carbonyl (C=O) groups is 1. The summed E-state index contributed by atoms with van der Waals surface area (Å²) < 4.78 is 34.3. The fraction of sp³-hybridized carbons (Fsp3) is 0.828. The Hall–Kier alpha value is -2.51. The van der Waals surface area contributed by atoms with Gasteiger partial charge in [0.2, 0.25) is 5.91 Å². The molecule has 3 saturated heterocycles. The Balaban J connectivity index is 1.50. The lowest BCUT2D eigenvalue weighted by molar-refractivity contribution is -0.379. The Morgan fingerprint density at radius 3 is 1.28 bits per heavy atom. The van der Waals surface area contributed by atoms with Gasteiger partial charge in [0.25, 0.3) is 0 Å². The van der Waals surface area contributed by atoms with Gasteiger partial charge in [0.1, 0.15) is 73.2 Å². The Labute approximate surface area is 496 Å². The van der Waals surface area contributed by atoms with Crippen LogP contribution in [0.4, 0.5) is 0 Å². The Bertz CT molecular complexity index is 1750. The molecule has 3 heterocycles. The van der Waals surface area contributed by atoms with Crippen molar-refractivity contribution in [1.29, 1.82) is 0 Å². The molecule has 0 aromatic carbocycles. The van der Waals surface area contributed by atoms with Crippen molar-refractivity contribution in [1.82, 2.24) is 5.32 Å². The molecule has 0 bridgehead atoms. The maximum Gasteiger partial charge on any atom is 0.220 e. The lowest BCUT2D eigenvalue weighted by Crippen LogP contribution is -2.66. The van der Waals surface area contributed by atoms with Crippen molar-refractivity contribution < 1.29 is 89.4 Å². The molecule has 17 atom stereocenters. The van der Waals surface area contributed by atoms with Crippen LogP contribution in [0, 0.1) is 0 Å². The summed E-state index contributed by atoms with van der Waals surface area (Å²) in [5.41, 5.74) is 0. The van der Waals surface area contributed by atoms with Crippen LogP contribution in [-0.2, 0) is 33.2 Å². The van der Waals surface area contributed by atoms with Gasteiger partial charge in [-0.3, -0.25) is 4.79 Å². The number of amides is 1. The van der Waals surface area contributed by atoms with Crippen molar-refractivity contribution in [2.75, 3.05) is 26.4 Å². The Morgan fingerprint density at radius 2 is 0.807 bits per heavy atom. The molecule has 0 aliphatic carbocycles. The van der Waals surface area contributed by atoms with Crippen LogP contribution in [0.3, 0.4) is 0 Å². The van der Waals surface area contributed by atoms with Gasteiger partial charge in [-0.2, -0.15) is 0 Å². The molecular weight excluding hydrogens is 1070 g/mol. The quantitative estimate of drug-likeness (QED) is 0.0220. The molecule has 1 amide bonds. The molecule has 0 spiro atoms. The first-order valence-electron chi connectivity index (χ1n) is 32.0. The van der Waals surface area contributed by atoms with Gasteiger partial charge >= 0.3 is 0 Å². The van der Waals surface area contributed by atoms with Crippen LogP contribution in [0.25, 0.3) is 0 Å². The van der Waals surface area contributed by atoms with Crippen molar-refractivity contribution in [3.05, 3.63) is 60.8 Å². The first kappa shape index (κ1) is 74.7. The minimum atomic E-state index is -1.98. The molecule has 0 aromatic rings. The van der Waals surface area contributed by atoms with E-state index in [-0.39, 0.29) is 18.9 Å². The number of allylic oxidation sites excluding steroid dienone is 9.